The standard InChI is InChI=1S/C12H15FO3/c1-15-11-3-2-8(6-10(11)13)12-7-9(14)4-5-16-12/h2-3,6,9,12,14H,4-5,7H2,1H3. The number of aliphatic hydroxyl groups excluding tert-OH is 1. The quantitative estimate of drug-likeness (QED) is 0.838. The van der Waals surface area contributed by atoms with Gasteiger partial charge in [0, 0.05) is 13.0 Å². The van der Waals surface area contributed by atoms with Gasteiger partial charge in [-0.2, -0.15) is 0 Å². The molecular weight excluding hydrogens is 211 g/mol. The molecule has 0 radical (unpaired) electrons. The van der Waals surface area contributed by atoms with Gasteiger partial charge in [-0.05, 0) is 24.1 Å². The highest BCUT2D eigenvalue weighted by Gasteiger charge is 2.23. The molecule has 1 aromatic rings. The molecule has 0 spiro atoms. The first-order chi connectivity index (χ1) is 7.70. The number of ether oxygens (including phenoxy) is 2. The smallest absolute Gasteiger partial charge is 0.165 e. The molecule has 1 aromatic carbocycles. The summed E-state index contributed by atoms with van der Waals surface area (Å²) < 4.78 is 23.8. The fourth-order valence-corrected chi connectivity index (χ4v) is 1.89. The van der Waals surface area contributed by atoms with Gasteiger partial charge in [-0.25, -0.2) is 4.39 Å². The molecule has 1 saturated heterocycles. The predicted octanol–water partition coefficient (Wildman–Crippen LogP) is 2.05. The number of hydrogen-bond acceptors (Lipinski definition) is 3. The summed E-state index contributed by atoms with van der Waals surface area (Å²) in [7, 11) is 1.43. The highest BCUT2D eigenvalue weighted by Crippen LogP contribution is 2.30. The molecule has 1 N–H and O–H groups in total. The highest BCUT2D eigenvalue weighted by atomic mass is 19.1. The molecule has 16 heavy (non-hydrogen) atoms. The van der Waals surface area contributed by atoms with Crippen LogP contribution in [0.4, 0.5) is 4.39 Å². The SMILES string of the molecule is COc1ccc(C2CC(O)CCO2)cc1F. The fraction of sp³-hybridized carbons (Fsp3) is 0.500. The molecule has 0 aliphatic carbocycles. The van der Waals surface area contributed by atoms with E-state index in [1.54, 1.807) is 12.1 Å². The van der Waals surface area contributed by atoms with E-state index in [0.717, 1.165) is 5.56 Å². The Kier molecular flexibility index (Phi) is 3.41. The molecular formula is C12H15FO3. The first kappa shape index (κ1) is 11.4. The van der Waals surface area contributed by atoms with Crippen molar-refractivity contribution in [1.29, 1.82) is 0 Å². The zero-order valence-electron chi connectivity index (χ0n) is 9.15. The highest BCUT2D eigenvalue weighted by molar-refractivity contribution is 5.30. The molecule has 4 heteroatoms. The van der Waals surface area contributed by atoms with Crippen LogP contribution in [0.3, 0.4) is 0 Å². The third-order valence-electron chi connectivity index (χ3n) is 2.80. The van der Waals surface area contributed by atoms with E-state index < -0.39 is 5.82 Å². The summed E-state index contributed by atoms with van der Waals surface area (Å²) in [6.07, 6.45) is 0.592. The van der Waals surface area contributed by atoms with Crippen LogP contribution in [0.15, 0.2) is 18.2 Å². The van der Waals surface area contributed by atoms with Gasteiger partial charge in [-0.3, -0.25) is 0 Å². The number of methoxy groups -OCH3 is 1. The summed E-state index contributed by atoms with van der Waals surface area (Å²) in [4.78, 5) is 0. The minimum absolute atomic E-state index is 0.218. The van der Waals surface area contributed by atoms with Crippen LogP contribution in [0.2, 0.25) is 0 Å². The molecule has 1 heterocycles. The molecule has 1 fully saturated rings. The van der Waals surface area contributed by atoms with Gasteiger partial charge < -0.3 is 14.6 Å². The van der Waals surface area contributed by atoms with Gasteiger partial charge in [0.15, 0.2) is 11.6 Å². The van der Waals surface area contributed by atoms with Crippen LogP contribution in [-0.2, 0) is 4.74 Å². The van der Waals surface area contributed by atoms with Gasteiger partial charge >= 0.3 is 0 Å². The third kappa shape index (κ3) is 2.33. The summed E-state index contributed by atoms with van der Waals surface area (Å²) in [5.74, 6) is -0.177. The maximum absolute atomic E-state index is 13.5. The molecule has 0 bridgehead atoms. The fourth-order valence-electron chi connectivity index (χ4n) is 1.89. The molecule has 0 amide bonds. The van der Waals surface area contributed by atoms with E-state index in [1.807, 2.05) is 0 Å². The largest absolute Gasteiger partial charge is 0.494 e. The lowest BCUT2D eigenvalue weighted by Gasteiger charge is -2.26. The van der Waals surface area contributed by atoms with Gasteiger partial charge in [0.2, 0.25) is 0 Å². The first-order valence-corrected chi connectivity index (χ1v) is 5.34. The van der Waals surface area contributed by atoms with Crippen LogP contribution in [0.1, 0.15) is 24.5 Å². The number of halogens is 1. The average Bonchev–Trinajstić information content (AvgIpc) is 2.29. The van der Waals surface area contributed by atoms with Gasteiger partial charge in [-0.1, -0.05) is 6.07 Å². The summed E-state index contributed by atoms with van der Waals surface area (Å²) in [5.41, 5.74) is 0.747. The first-order valence-electron chi connectivity index (χ1n) is 5.34. The lowest BCUT2D eigenvalue weighted by atomic mass is 9.99. The lowest BCUT2D eigenvalue weighted by molar-refractivity contribution is -0.0449. The molecule has 0 saturated carbocycles. The van der Waals surface area contributed by atoms with Crippen LogP contribution in [0.25, 0.3) is 0 Å². The molecule has 3 nitrogen and oxygen atoms in total. The minimum atomic E-state index is -0.399. The van der Waals surface area contributed by atoms with E-state index in [4.69, 9.17) is 9.47 Å². The van der Waals surface area contributed by atoms with Gasteiger partial charge in [0.05, 0.1) is 19.3 Å². The predicted molar refractivity (Wildman–Crippen MR) is 56.9 cm³/mol. The second-order valence-electron chi connectivity index (χ2n) is 3.93. The van der Waals surface area contributed by atoms with Crippen LogP contribution < -0.4 is 4.74 Å². The van der Waals surface area contributed by atoms with Crippen molar-refractivity contribution in [3.8, 4) is 5.75 Å². The van der Waals surface area contributed by atoms with E-state index in [1.165, 1.54) is 13.2 Å². The Morgan fingerprint density at radius 2 is 2.31 bits per heavy atom. The molecule has 2 unspecified atom stereocenters. The Morgan fingerprint density at radius 3 is 2.94 bits per heavy atom. The monoisotopic (exact) mass is 226 g/mol. The van der Waals surface area contributed by atoms with E-state index in [0.29, 0.717) is 19.4 Å². The second-order valence-corrected chi connectivity index (χ2v) is 3.93. The van der Waals surface area contributed by atoms with E-state index in [2.05, 4.69) is 0 Å². The minimum Gasteiger partial charge on any atom is -0.494 e. The Hall–Kier alpha value is -1.13. The number of rotatable bonds is 2. The normalized spacial score (nSPS) is 25.4. The van der Waals surface area contributed by atoms with Gasteiger partial charge in [0.25, 0.3) is 0 Å². The number of hydrogen-bond donors (Lipinski definition) is 1. The molecule has 1 aliphatic heterocycles. The van der Waals surface area contributed by atoms with Crippen LogP contribution in [0, 0.1) is 5.82 Å². The Morgan fingerprint density at radius 1 is 1.50 bits per heavy atom. The van der Waals surface area contributed by atoms with Crippen molar-refractivity contribution in [3.63, 3.8) is 0 Å². The van der Waals surface area contributed by atoms with Crippen molar-refractivity contribution in [3.05, 3.63) is 29.6 Å². The maximum Gasteiger partial charge on any atom is 0.165 e. The van der Waals surface area contributed by atoms with Crippen molar-refractivity contribution in [2.45, 2.75) is 25.0 Å². The van der Waals surface area contributed by atoms with E-state index in [9.17, 15) is 9.50 Å². The Labute approximate surface area is 93.8 Å². The number of benzene rings is 1. The summed E-state index contributed by atoms with van der Waals surface area (Å²) in [6.45, 7) is 0.513. The van der Waals surface area contributed by atoms with Gasteiger partial charge in [0.1, 0.15) is 0 Å². The van der Waals surface area contributed by atoms with Crippen LogP contribution >= 0.6 is 0 Å². The Balaban J connectivity index is 2.17. The van der Waals surface area contributed by atoms with Crippen molar-refractivity contribution < 1.29 is 19.0 Å². The zero-order chi connectivity index (χ0) is 11.5. The molecule has 0 aromatic heterocycles. The topological polar surface area (TPSA) is 38.7 Å². The molecule has 88 valence electrons. The van der Waals surface area contributed by atoms with Crippen LogP contribution in [-0.4, -0.2) is 24.9 Å². The maximum atomic E-state index is 13.5. The van der Waals surface area contributed by atoms with Crippen molar-refractivity contribution in [2.24, 2.45) is 0 Å². The van der Waals surface area contributed by atoms with Crippen molar-refractivity contribution >= 4 is 0 Å². The molecule has 1 aliphatic rings. The Bertz CT molecular complexity index is 367. The average molecular weight is 226 g/mol. The van der Waals surface area contributed by atoms with Crippen LogP contribution in [0.5, 0.6) is 5.75 Å². The second kappa shape index (κ2) is 4.80. The third-order valence-corrected chi connectivity index (χ3v) is 2.80. The number of aliphatic hydroxyl groups is 1. The zero-order valence-corrected chi connectivity index (χ0v) is 9.15. The summed E-state index contributed by atoms with van der Waals surface area (Å²) in [6, 6.07) is 4.75. The van der Waals surface area contributed by atoms with Crippen molar-refractivity contribution in [1.82, 2.24) is 0 Å². The van der Waals surface area contributed by atoms with E-state index >= 15 is 0 Å². The summed E-state index contributed by atoms with van der Waals surface area (Å²) >= 11 is 0. The molecule has 2 atom stereocenters. The van der Waals surface area contributed by atoms with E-state index in [-0.39, 0.29) is 18.0 Å². The molecule has 2 rings (SSSR count). The lowest BCUT2D eigenvalue weighted by Crippen LogP contribution is -2.23. The van der Waals surface area contributed by atoms with Gasteiger partial charge in [-0.15, -0.1) is 0 Å². The van der Waals surface area contributed by atoms with Crippen molar-refractivity contribution in [2.75, 3.05) is 13.7 Å². The summed E-state index contributed by atoms with van der Waals surface area (Å²) in [5, 5.41) is 9.51.